The molecule has 0 spiro atoms. The van der Waals surface area contributed by atoms with E-state index in [-0.39, 0.29) is 18.0 Å². The Kier molecular flexibility index (Phi) is 5.02. The van der Waals surface area contributed by atoms with E-state index < -0.39 is 0 Å². The number of rotatable bonds is 7. The predicted octanol–water partition coefficient (Wildman–Crippen LogP) is 1.45. The molecule has 0 unspecified atom stereocenters. The Bertz CT molecular complexity index is 827. The number of aromatic nitrogens is 2. The van der Waals surface area contributed by atoms with Crippen LogP contribution in [0, 0.1) is 0 Å². The molecule has 1 aliphatic rings. The number of ether oxygens (including phenoxy) is 2. The first kappa shape index (κ1) is 17.0. The summed E-state index contributed by atoms with van der Waals surface area (Å²) in [6, 6.07) is 8.61. The van der Waals surface area contributed by atoms with Gasteiger partial charge in [0.15, 0.2) is 0 Å². The normalized spacial score (nSPS) is 13.4. The molecule has 2 aromatic rings. The molecule has 1 aromatic carbocycles. The van der Waals surface area contributed by atoms with E-state index in [2.05, 4.69) is 10.4 Å². The second kappa shape index (κ2) is 7.38. The molecule has 1 aliphatic carbocycles. The lowest BCUT2D eigenvalue weighted by Gasteiger charge is -2.12. The van der Waals surface area contributed by atoms with Crippen molar-refractivity contribution in [3.63, 3.8) is 0 Å². The first-order valence-corrected chi connectivity index (χ1v) is 8.16. The summed E-state index contributed by atoms with van der Waals surface area (Å²) < 4.78 is 11.7. The van der Waals surface area contributed by atoms with Crippen molar-refractivity contribution < 1.29 is 14.3 Å². The fraction of sp³-hybridized carbons (Fsp3) is 0.389. The van der Waals surface area contributed by atoms with E-state index in [0.29, 0.717) is 24.0 Å². The van der Waals surface area contributed by atoms with Gasteiger partial charge in [0.05, 0.1) is 19.9 Å². The van der Waals surface area contributed by atoms with Gasteiger partial charge in [0.1, 0.15) is 18.0 Å². The van der Waals surface area contributed by atoms with Crippen LogP contribution in [0.1, 0.15) is 30.0 Å². The molecule has 0 radical (unpaired) electrons. The van der Waals surface area contributed by atoms with Crippen LogP contribution in [0.25, 0.3) is 0 Å². The molecule has 7 nitrogen and oxygen atoms in total. The minimum Gasteiger partial charge on any atom is -0.497 e. The second-order valence-electron chi connectivity index (χ2n) is 5.98. The van der Waals surface area contributed by atoms with Gasteiger partial charge in [-0.15, -0.1) is 0 Å². The smallest absolute Gasteiger partial charge is 0.267 e. The highest BCUT2D eigenvalue weighted by molar-refractivity contribution is 5.75. The summed E-state index contributed by atoms with van der Waals surface area (Å²) in [5, 5.41) is 7.08. The second-order valence-corrected chi connectivity index (χ2v) is 5.98. The van der Waals surface area contributed by atoms with Crippen molar-refractivity contribution in [3.8, 4) is 11.5 Å². The fourth-order valence-electron chi connectivity index (χ4n) is 2.56. The van der Waals surface area contributed by atoms with E-state index >= 15 is 0 Å². The summed E-state index contributed by atoms with van der Waals surface area (Å²) in [5.74, 6) is 1.46. The largest absolute Gasteiger partial charge is 0.497 e. The molecular weight excluding hydrogens is 322 g/mol. The summed E-state index contributed by atoms with van der Waals surface area (Å²) in [4.78, 5) is 24.1. The van der Waals surface area contributed by atoms with Crippen LogP contribution in [0.3, 0.4) is 0 Å². The Morgan fingerprint density at radius 2 is 2.04 bits per heavy atom. The van der Waals surface area contributed by atoms with E-state index in [1.54, 1.807) is 32.4 Å². The zero-order chi connectivity index (χ0) is 17.8. The number of carbonyl (C=O) groups is 1. The molecule has 0 saturated heterocycles. The van der Waals surface area contributed by atoms with Gasteiger partial charge in [-0.1, -0.05) is 0 Å². The lowest BCUT2D eigenvalue weighted by molar-refractivity contribution is -0.122. The van der Waals surface area contributed by atoms with Crippen molar-refractivity contribution in [2.24, 2.45) is 0 Å². The van der Waals surface area contributed by atoms with Gasteiger partial charge in [-0.25, -0.2) is 4.68 Å². The minimum absolute atomic E-state index is 0.0993. The van der Waals surface area contributed by atoms with Crippen molar-refractivity contribution >= 4 is 5.91 Å². The first-order chi connectivity index (χ1) is 12.1. The Balaban J connectivity index is 1.63. The van der Waals surface area contributed by atoms with Crippen molar-refractivity contribution in [3.05, 3.63) is 51.9 Å². The maximum absolute atomic E-state index is 12.2. The number of carbonyl (C=O) groups excluding carboxylic acids is 1. The van der Waals surface area contributed by atoms with Gasteiger partial charge in [0.2, 0.25) is 5.91 Å². The lowest BCUT2D eigenvalue weighted by Crippen LogP contribution is -2.33. The summed E-state index contributed by atoms with van der Waals surface area (Å²) in [6.45, 7) is 0.195. The van der Waals surface area contributed by atoms with Crippen LogP contribution in [-0.4, -0.2) is 29.9 Å². The van der Waals surface area contributed by atoms with Gasteiger partial charge < -0.3 is 14.8 Å². The van der Waals surface area contributed by atoms with Crippen LogP contribution < -0.4 is 20.3 Å². The van der Waals surface area contributed by atoms with Crippen molar-refractivity contribution in [2.75, 3.05) is 14.2 Å². The standard InChI is InChI=1S/C18H21N3O4/c1-24-14-6-5-13(16(9-14)25-2)10-19-17(22)11-21-18(23)8-7-15(20-21)12-3-4-12/h5-9,12H,3-4,10-11H2,1-2H3,(H,19,22). The number of hydrogen-bond acceptors (Lipinski definition) is 5. The van der Waals surface area contributed by atoms with E-state index in [4.69, 9.17) is 9.47 Å². The lowest BCUT2D eigenvalue weighted by atomic mass is 10.2. The number of hydrogen-bond donors (Lipinski definition) is 1. The molecule has 1 N–H and O–H groups in total. The topological polar surface area (TPSA) is 82.5 Å². The molecule has 25 heavy (non-hydrogen) atoms. The van der Waals surface area contributed by atoms with E-state index in [9.17, 15) is 9.59 Å². The van der Waals surface area contributed by atoms with Crippen molar-refractivity contribution in [2.45, 2.75) is 31.8 Å². The summed E-state index contributed by atoms with van der Waals surface area (Å²) in [5.41, 5.74) is 1.43. The molecular formula is C18H21N3O4. The predicted molar refractivity (Wildman–Crippen MR) is 91.9 cm³/mol. The maximum Gasteiger partial charge on any atom is 0.267 e. The van der Waals surface area contributed by atoms with Crippen LogP contribution >= 0.6 is 0 Å². The monoisotopic (exact) mass is 343 g/mol. The Morgan fingerprint density at radius 3 is 2.72 bits per heavy atom. The molecule has 1 amide bonds. The van der Waals surface area contributed by atoms with Gasteiger partial charge in [0, 0.05) is 30.2 Å². The third kappa shape index (κ3) is 4.17. The molecule has 132 valence electrons. The van der Waals surface area contributed by atoms with E-state index in [0.717, 1.165) is 24.1 Å². The Hall–Kier alpha value is -2.83. The average Bonchev–Trinajstić information content (AvgIpc) is 3.46. The molecule has 1 fully saturated rings. The van der Waals surface area contributed by atoms with Crippen LogP contribution in [0.4, 0.5) is 0 Å². The Morgan fingerprint density at radius 1 is 1.24 bits per heavy atom. The first-order valence-electron chi connectivity index (χ1n) is 8.16. The zero-order valence-corrected chi connectivity index (χ0v) is 14.3. The molecule has 1 aromatic heterocycles. The third-order valence-electron chi connectivity index (χ3n) is 4.15. The number of amides is 1. The molecule has 7 heteroatoms. The highest BCUT2D eigenvalue weighted by Crippen LogP contribution is 2.38. The van der Waals surface area contributed by atoms with Crippen LogP contribution in [0.5, 0.6) is 11.5 Å². The average molecular weight is 343 g/mol. The van der Waals surface area contributed by atoms with Crippen molar-refractivity contribution in [1.82, 2.24) is 15.1 Å². The van der Waals surface area contributed by atoms with Crippen LogP contribution in [0.15, 0.2) is 35.1 Å². The molecule has 1 heterocycles. The third-order valence-corrected chi connectivity index (χ3v) is 4.15. The summed E-state index contributed by atoms with van der Waals surface area (Å²) in [7, 11) is 3.14. The van der Waals surface area contributed by atoms with Gasteiger partial charge in [-0.3, -0.25) is 9.59 Å². The Labute approximate surface area is 145 Å². The van der Waals surface area contributed by atoms with Gasteiger partial charge >= 0.3 is 0 Å². The van der Waals surface area contributed by atoms with Crippen molar-refractivity contribution in [1.29, 1.82) is 0 Å². The SMILES string of the molecule is COc1ccc(CNC(=O)Cn2nc(C3CC3)ccc2=O)c(OC)c1. The quantitative estimate of drug-likeness (QED) is 0.823. The molecule has 0 bridgehead atoms. The highest BCUT2D eigenvalue weighted by Gasteiger charge is 2.25. The minimum atomic E-state index is -0.277. The summed E-state index contributed by atoms with van der Waals surface area (Å²) in [6.07, 6.45) is 2.18. The molecule has 0 aliphatic heterocycles. The number of nitrogens with one attached hydrogen (secondary N) is 1. The van der Waals surface area contributed by atoms with Gasteiger partial charge in [0.25, 0.3) is 5.56 Å². The summed E-state index contributed by atoms with van der Waals surface area (Å²) >= 11 is 0. The number of benzene rings is 1. The van der Waals surface area contributed by atoms with Crippen LogP contribution in [0.2, 0.25) is 0 Å². The molecule has 3 rings (SSSR count). The number of nitrogens with zero attached hydrogens (tertiary/aromatic N) is 2. The number of methoxy groups -OCH3 is 2. The van der Waals surface area contributed by atoms with Gasteiger partial charge in [-0.2, -0.15) is 5.10 Å². The molecule has 1 saturated carbocycles. The maximum atomic E-state index is 12.2. The highest BCUT2D eigenvalue weighted by atomic mass is 16.5. The zero-order valence-electron chi connectivity index (χ0n) is 14.3. The van der Waals surface area contributed by atoms with Crippen LogP contribution in [-0.2, 0) is 17.9 Å². The fourth-order valence-corrected chi connectivity index (χ4v) is 2.56. The van der Waals surface area contributed by atoms with Gasteiger partial charge in [-0.05, 0) is 31.0 Å². The van der Waals surface area contributed by atoms with E-state index in [1.165, 1.54) is 10.7 Å². The van der Waals surface area contributed by atoms with E-state index in [1.807, 2.05) is 6.07 Å². The molecule has 0 atom stereocenters.